The average Bonchev–Trinajstić information content (AvgIpc) is 2.46. The fraction of sp³-hybridized carbons (Fsp3) is 0.286. The molecule has 0 aromatic heterocycles. The maximum atomic E-state index is 14.4. The van der Waals surface area contributed by atoms with Gasteiger partial charge >= 0.3 is 6.09 Å². The summed E-state index contributed by atoms with van der Waals surface area (Å²) >= 11 is 2.54. The highest BCUT2D eigenvalue weighted by atomic mass is 79.9. The highest BCUT2D eigenvalue weighted by Crippen LogP contribution is 2.52. The molecule has 1 amide bonds. The number of amides is 1. The predicted molar refractivity (Wildman–Crippen MR) is 95.8 cm³/mol. The number of hydrogen-bond acceptors (Lipinski definition) is 5. The van der Waals surface area contributed by atoms with Crippen molar-refractivity contribution in [1.82, 2.24) is 9.62 Å². The Bertz CT molecular complexity index is 817. The summed E-state index contributed by atoms with van der Waals surface area (Å²) in [5, 5.41) is 10.8. The first kappa shape index (κ1) is 20.6. The lowest BCUT2D eigenvalue weighted by molar-refractivity contribution is 0.199. The van der Waals surface area contributed by atoms with Crippen LogP contribution in [0.5, 0.6) is 0 Å². The molecule has 1 heterocycles. The molecule has 0 fully saturated rings. The Balaban J connectivity index is 2.68. The molecular weight excluding hydrogens is 443 g/mol. The third kappa shape index (κ3) is 4.14. The molecule has 0 saturated heterocycles. The van der Waals surface area contributed by atoms with Crippen LogP contribution in [0.3, 0.4) is 0 Å². The van der Waals surface area contributed by atoms with Crippen LogP contribution >= 0.6 is 26.7 Å². The lowest BCUT2D eigenvalue weighted by Crippen LogP contribution is -2.51. The largest absolute Gasteiger partial charge is 0.465 e. The maximum absolute atomic E-state index is 14.4. The first-order chi connectivity index (χ1) is 11.9. The second-order valence-corrected chi connectivity index (χ2v) is 8.57. The molecule has 1 aliphatic heterocycles. The van der Waals surface area contributed by atoms with E-state index in [2.05, 4.69) is 20.9 Å². The summed E-state index contributed by atoms with van der Waals surface area (Å²) in [7, 11) is -2.39. The summed E-state index contributed by atoms with van der Waals surface area (Å²) in [6, 6.07) is 1.86. The molecule has 0 spiro atoms. The number of guanidine groups is 1. The molecule has 1 aromatic carbocycles. The zero-order valence-corrected chi connectivity index (χ0v) is 15.9. The third-order valence-electron chi connectivity index (χ3n) is 3.69. The fourth-order valence-corrected chi connectivity index (χ4v) is 4.30. The van der Waals surface area contributed by atoms with Crippen molar-refractivity contribution in [1.29, 1.82) is 0 Å². The molecule has 0 saturated carbocycles. The van der Waals surface area contributed by atoms with Crippen molar-refractivity contribution in [3.05, 3.63) is 39.6 Å². The molecule has 0 radical (unpaired) electrons. The van der Waals surface area contributed by atoms with Gasteiger partial charge in [-0.3, -0.25) is 14.4 Å². The van der Waals surface area contributed by atoms with Crippen LogP contribution in [-0.4, -0.2) is 43.4 Å². The van der Waals surface area contributed by atoms with E-state index in [9.17, 15) is 27.1 Å². The van der Waals surface area contributed by atoms with Crippen molar-refractivity contribution in [2.75, 3.05) is 12.8 Å². The van der Waals surface area contributed by atoms with E-state index in [-0.39, 0.29) is 11.1 Å². The molecule has 1 unspecified atom stereocenters. The summed E-state index contributed by atoms with van der Waals surface area (Å²) in [4.78, 5) is 14.9. The van der Waals surface area contributed by atoms with Gasteiger partial charge in [0.05, 0.1) is 5.75 Å². The number of aliphatic imine (C=N–C) groups is 1. The first-order valence-corrected chi connectivity index (χ1v) is 9.44. The number of hydrogen-bond donors (Lipinski definition) is 4. The molecule has 1 aromatic rings. The minimum atomic E-state index is -3.59. The Morgan fingerprint density at radius 3 is 2.62 bits per heavy atom. The van der Waals surface area contributed by atoms with Gasteiger partial charge in [-0.15, -0.1) is 10.8 Å². The Morgan fingerprint density at radius 2 is 2.08 bits per heavy atom. The number of nitrogens with zero attached hydrogens (tertiary/aromatic N) is 2. The molecule has 12 heteroatoms. The Labute approximate surface area is 156 Å². The van der Waals surface area contributed by atoms with Gasteiger partial charge in [-0.25, -0.2) is 22.9 Å². The Hall–Kier alpha value is -1.76. The lowest BCUT2D eigenvalue weighted by Gasteiger charge is -2.49. The van der Waals surface area contributed by atoms with Crippen molar-refractivity contribution >= 4 is 44.8 Å². The topological polar surface area (TPSA) is 105 Å². The van der Waals surface area contributed by atoms with Crippen LogP contribution in [0.4, 0.5) is 18.0 Å². The minimum absolute atomic E-state index is 0.0344. The quantitative estimate of drug-likeness (QED) is 0.535. The molecule has 1 aliphatic rings. The van der Waals surface area contributed by atoms with E-state index in [4.69, 9.17) is 5.11 Å². The summed E-state index contributed by atoms with van der Waals surface area (Å²) in [5.74, 6) is -3.57. The van der Waals surface area contributed by atoms with Crippen molar-refractivity contribution in [2.24, 2.45) is 4.99 Å². The molecule has 0 bridgehead atoms. The molecular formula is C14H15BrF3N3O4S. The molecule has 7 nitrogen and oxygen atoms in total. The Morgan fingerprint density at radius 1 is 1.46 bits per heavy atom. The van der Waals surface area contributed by atoms with Crippen LogP contribution in [0.25, 0.3) is 6.08 Å². The number of benzene rings is 1. The van der Waals surface area contributed by atoms with E-state index in [1.54, 1.807) is 0 Å². The average molecular weight is 458 g/mol. The monoisotopic (exact) mass is 457 g/mol. The van der Waals surface area contributed by atoms with Crippen LogP contribution in [-0.2, 0) is 5.54 Å². The smallest absolute Gasteiger partial charge is 0.411 e. The van der Waals surface area contributed by atoms with Gasteiger partial charge in [0, 0.05) is 12.6 Å². The summed E-state index contributed by atoms with van der Waals surface area (Å²) in [6.45, 7) is 1.29. The highest BCUT2D eigenvalue weighted by Gasteiger charge is 2.43. The highest BCUT2D eigenvalue weighted by molar-refractivity contribution is 9.11. The number of rotatable bonds is 2. The molecule has 4 N–H and O–H groups in total. The van der Waals surface area contributed by atoms with Crippen LogP contribution in [0, 0.1) is 11.6 Å². The van der Waals surface area contributed by atoms with Gasteiger partial charge in [-0.2, -0.15) is 4.39 Å². The first-order valence-electron chi connectivity index (χ1n) is 6.97. The predicted octanol–water partition coefficient (Wildman–Crippen LogP) is 4.08. The zero-order valence-electron chi connectivity index (χ0n) is 13.5. The molecule has 26 heavy (non-hydrogen) atoms. The van der Waals surface area contributed by atoms with Gasteiger partial charge in [0.1, 0.15) is 5.54 Å². The Kier molecular flexibility index (Phi) is 5.61. The van der Waals surface area contributed by atoms with Gasteiger partial charge in [0.2, 0.25) is 5.96 Å². The summed E-state index contributed by atoms with van der Waals surface area (Å²) < 4.78 is 61.9. The second-order valence-electron chi connectivity index (χ2n) is 5.71. The van der Waals surface area contributed by atoms with Crippen molar-refractivity contribution in [2.45, 2.75) is 12.5 Å². The van der Waals surface area contributed by atoms with Gasteiger partial charge in [-0.1, -0.05) is 0 Å². The molecule has 144 valence electrons. The van der Waals surface area contributed by atoms with Gasteiger partial charge in [0.25, 0.3) is 0 Å². The molecule has 2 rings (SSSR count). The summed E-state index contributed by atoms with van der Waals surface area (Å²) in [6.07, 6.45) is -0.637. The van der Waals surface area contributed by atoms with Gasteiger partial charge < -0.3 is 5.11 Å². The fourth-order valence-electron chi connectivity index (χ4n) is 2.50. The summed E-state index contributed by atoms with van der Waals surface area (Å²) in [5.41, 5.74) is -2.14. The van der Waals surface area contributed by atoms with E-state index >= 15 is 0 Å². The SMILES string of the molecule is CN1C(NC(=O)O)=NC(C)(c2cc(/C=C(\F)Br)cc(F)c2F)CS1(O)O. The number of halogens is 4. The van der Waals surface area contributed by atoms with E-state index in [1.165, 1.54) is 14.0 Å². The standard InChI is InChI=1S/C14H15BrF3N3O4S/c1-14(6-26(24,25)21(2)12(20-14)19-13(22)23)8-3-7(5-10(15)17)4-9(16)11(8)18/h3-5,24-25H,6H2,1-2H3,(H,19,20)(H,22,23)/b10-5-. The molecule has 0 aliphatic carbocycles. The number of nitrogens with one attached hydrogen (secondary N) is 1. The maximum Gasteiger partial charge on any atom is 0.411 e. The van der Waals surface area contributed by atoms with Crippen LogP contribution in [0.1, 0.15) is 18.1 Å². The van der Waals surface area contributed by atoms with E-state index < -0.39 is 50.5 Å². The van der Waals surface area contributed by atoms with E-state index in [1.807, 2.05) is 5.32 Å². The normalized spacial score (nSPS) is 24.1. The van der Waals surface area contributed by atoms with Gasteiger partial charge in [0.15, 0.2) is 16.4 Å². The van der Waals surface area contributed by atoms with Crippen LogP contribution in [0.15, 0.2) is 21.9 Å². The zero-order chi connectivity index (χ0) is 19.9. The minimum Gasteiger partial charge on any atom is -0.465 e. The molecule has 1 atom stereocenters. The van der Waals surface area contributed by atoms with Crippen molar-refractivity contribution in [3.63, 3.8) is 0 Å². The van der Waals surface area contributed by atoms with E-state index in [0.29, 0.717) is 0 Å². The third-order valence-corrected chi connectivity index (χ3v) is 5.92. The van der Waals surface area contributed by atoms with Crippen LogP contribution < -0.4 is 5.32 Å². The van der Waals surface area contributed by atoms with Crippen LogP contribution in [0.2, 0.25) is 0 Å². The second kappa shape index (κ2) is 7.10. The lowest BCUT2D eigenvalue weighted by atomic mass is 9.92. The number of carboxylic acid groups (broad SMARTS) is 1. The van der Waals surface area contributed by atoms with Gasteiger partial charge in [-0.05, 0) is 46.6 Å². The van der Waals surface area contributed by atoms with Crippen molar-refractivity contribution < 1.29 is 32.2 Å². The van der Waals surface area contributed by atoms with Crippen molar-refractivity contribution in [3.8, 4) is 0 Å². The van der Waals surface area contributed by atoms with E-state index in [0.717, 1.165) is 22.5 Å². The number of carbonyl (C=O) groups is 1.